The monoisotopic (exact) mass is 207 g/mol. The van der Waals surface area contributed by atoms with Crippen molar-refractivity contribution < 1.29 is 0 Å². The van der Waals surface area contributed by atoms with Crippen LogP contribution in [-0.4, -0.2) is 12.1 Å². The van der Waals surface area contributed by atoms with Crippen molar-refractivity contribution in [1.29, 1.82) is 0 Å². The van der Waals surface area contributed by atoms with Crippen LogP contribution in [-0.2, 0) is 0 Å². The minimum absolute atomic E-state index is 0.771. The molecule has 3 unspecified atom stereocenters. The van der Waals surface area contributed by atoms with E-state index in [2.05, 4.69) is 24.4 Å². The number of hydrogen-bond donors (Lipinski definition) is 1. The fourth-order valence-corrected chi connectivity index (χ4v) is 3.16. The summed E-state index contributed by atoms with van der Waals surface area (Å²) in [6.07, 6.45) is 15.7. The van der Waals surface area contributed by atoms with Gasteiger partial charge in [0.25, 0.3) is 0 Å². The Morgan fingerprint density at radius 1 is 1.13 bits per heavy atom. The highest BCUT2D eigenvalue weighted by molar-refractivity contribution is 4.95. The molecule has 2 aliphatic carbocycles. The van der Waals surface area contributed by atoms with Crippen molar-refractivity contribution in [3.8, 4) is 0 Å². The molecule has 0 bridgehead atoms. The van der Waals surface area contributed by atoms with E-state index in [0.29, 0.717) is 0 Å². The SMILES string of the molecule is CCC1CCCCC1NC1CC=CCC1. The summed E-state index contributed by atoms with van der Waals surface area (Å²) < 4.78 is 0. The van der Waals surface area contributed by atoms with Crippen LogP contribution < -0.4 is 5.32 Å². The first-order valence-corrected chi connectivity index (χ1v) is 6.81. The smallest absolute Gasteiger partial charge is 0.0107 e. The van der Waals surface area contributed by atoms with Gasteiger partial charge in [0, 0.05) is 12.1 Å². The van der Waals surface area contributed by atoms with E-state index in [0.717, 1.165) is 18.0 Å². The summed E-state index contributed by atoms with van der Waals surface area (Å²) in [5.74, 6) is 0.949. The fraction of sp³-hybridized carbons (Fsp3) is 0.857. The maximum atomic E-state index is 3.91. The Kier molecular flexibility index (Phi) is 4.25. The van der Waals surface area contributed by atoms with E-state index in [-0.39, 0.29) is 0 Å². The molecule has 1 heteroatoms. The second-order valence-electron chi connectivity index (χ2n) is 5.21. The zero-order chi connectivity index (χ0) is 10.5. The van der Waals surface area contributed by atoms with Gasteiger partial charge in [0.15, 0.2) is 0 Å². The average Bonchev–Trinajstić information content (AvgIpc) is 2.31. The molecule has 0 aromatic carbocycles. The Balaban J connectivity index is 1.83. The Bertz CT molecular complexity index is 209. The molecule has 3 atom stereocenters. The van der Waals surface area contributed by atoms with E-state index in [1.165, 1.54) is 51.4 Å². The first kappa shape index (κ1) is 11.2. The van der Waals surface area contributed by atoms with E-state index >= 15 is 0 Å². The summed E-state index contributed by atoms with van der Waals surface area (Å²) in [5.41, 5.74) is 0. The van der Waals surface area contributed by atoms with Gasteiger partial charge in [-0.25, -0.2) is 0 Å². The lowest BCUT2D eigenvalue weighted by Crippen LogP contribution is -2.44. The zero-order valence-electron chi connectivity index (χ0n) is 10.0. The molecule has 1 nitrogen and oxygen atoms in total. The quantitative estimate of drug-likeness (QED) is 0.696. The Hall–Kier alpha value is -0.300. The van der Waals surface area contributed by atoms with E-state index in [1.807, 2.05) is 0 Å². The fourth-order valence-electron chi connectivity index (χ4n) is 3.16. The van der Waals surface area contributed by atoms with Crippen LogP contribution in [0.15, 0.2) is 12.2 Å². The summed E-state index contributed by atoms with van der Waals surface area (Å²) in [7, 11) is 0. The molecular formula is C14H25N. The second kappa shape index (κ2) is 5.69. The second-order valence-corrected chi connectivity index (χ2v) is 5.21. The number of allylic oxidation sites excluding steroid dienone is 1. The molecule has 1 fully saturated rings. The molecule has 0 aromatic rings. The zero-order valence-corrected chi connectivity index (χ0v) is 10.0. The highest BCUT2D eigenvalue weighted by atomic mass is 15.0. The molecule has 0 heterocycles. The lowest BCUT2D eigenvalue weighted by Gasteiger charge is -2.35. The predicted octanol–water partition coefficient (Wildman–Crippen LogP) is 3.65. The molecule has 0 amide bonds. The molecule has 15 heavy (non-hydrogen) atoms. The van der Waals surface area contributed by atoms with Gasteiger partial charge in [-0.1, -0.05) is 38.3 Å². The first-order valence-electron chi connectivity index (χ1n) is 6.81. The topological polar surface area (TPSA) is 12.0 Å². The lowest BCUT2D eigenvalue weighted by molar-refractivity contribution is 0.231. The molecule has 0 saturated heterocycles. The highest BCUT2D eigenvalue weighted by Crippen LogP contribution is 2.28. The van der Waals surface area contributed by atoms with Gasteiger partial charge in [-0.15, -0.1) is 0 Å². The van der Waals surface area contributed by atoms with E-state index in [9.17, 15) is 0 Å². The third-order valence-corrected chi connectivity index (χ3v) is 4.15. The van der Waals surface area contributed by atoms with Crippen LogP contribution in [0.25, 0.3) is 0 Å². The van der Waals surface area contributed by atoms with E-state index in [1.54, 1.807) is 0 Å². The van der Waals surface area contributed by atoms with Crippen molar-refractivity contribution in [1.82, 2.24) is 5.32 Å². The van der Waals surface area contributed by atoms with Crippen LogP contribution in [0.5, 0.6) is 0 Å². The van der Waals surface area contributed by atoms with Crippen LogP contribution in [0, 0.1) is 5.92 Å². The van der Waals surface area contributed by atoms with Crippen LogP contribution in [0.4, 0.5) is 0 Å². The summed E-state index contributed by atoms with van der Waals surface area (Å²) >= 11 is 0. The normalized spacial score (nSPS) is 36.7. The Morgan fingerprint density at radius 2 is 2.00 bits per heavy atom. The maximum absolute atomic E-state index is 3.91. The van der Waals surface area contributed by atoms with Crippen molar-refractivity contribution in [2.75, 3.05) is 0 Å². The number of hydrogen-bond acceptors (Lipinski definition) is 1. The van der Waals surface area contributed by atoms with Gasteiger partial charge in [-0.3, -0.25) is 0 Å². The van der Waals surface area contributed by atoms with Gasteiger partial charge in [0.1, 0.15) is 0 Å². The van der Waals surface area contributed by atoms with Crippen LogP contribution in [0.1, 0.15) is 58.3 Å². The van der Waals surface area contributed by atoms with E-state index in [4.69, 9.17) is 0 Å². The number of nitrogens with one attached hydrogen (secondary N) is 1. The maximum Gasteiger partial charge on any atom is 0.0107 e. The summed E-state index contributed by atoms with van der Waals surface area (Å²) in [6.45, 7) is 2.35. The van der Waals surface area contributed by atoms with Gasteiger partial charge in [-0.05, 0) is 38.0 Å². The van der Waals surface area contributed by atoms with Crippen molar-refractivity contribution in [3.05, 3.63) is 12.2 Å². The van der Waals surface area contributed by atoms with Gasteiger partial charge in [0.05, 0.1) is 0 Å². The lowest BCUT2D eigenvalue weighted by atomic mass is 9.82. The summed E-state index contributed by atoms with van der Waals surface area (Å²) in [6, 6.07) is 1.59. The van der Waals surface area contributed by atoms with Crippen LogP contribution in [0.2, 0.25) is 0 Å². The molecule has 2 aliphatic rings. The third-order valence-electron chi connectivity index (χ3n) is 4.15. The minimum atomic E-state index is 0.771. The molecule has 1 N–H and O–H groups in total. The van der Waals surface area contributed by atoms with Gasteiger partial charge >= 0.3 is 0 Å². The van der Waals surface area contributed by atoms with Crippen molar-refractivity contribution in [2.45, 2.75) is 70.4 Å². The first-order chi connectivity index (χ1) is 7.40. The van der Waals surface area contributed by atoms with Crippen molar-refractivity contribution >= 4 is 0 Å². The van der Waals surface area contributed by atoms with Crippen molar-refractivity contribution in [3.63, 3.8) is 0 Å². The molecule has 0 aromatic heterocycles. The van der Waals surface area contributed by atoms with Gasteiger partial charge < -0.3 is 5.32 Å². The highest BCUT2D eigenvalue weighted by Gasteiger charge is 2.25. The van der Waals surface area contributed by atoms with Gasteiger partial charge in [0.2, 0.25) is 0 Å². The molecule has 86 valence electrons. The Labute approximate surface area is 94.3 Å². The Morgan fingerprint density at radius 3 is 2.73 bits per heavy atom. The molecule has 0 aliphatic heterocycles. The molecule has 2 rings (SSSR count). The predicted molar refractivity (Wildman–Crippen MR) is 66.0 cm³/mol. The van der Waals surface area contributed by atoms with Gasteiger partial charge in [-0.2, -0.15) is 0 Å². The largest absolute Gasteiger partial charge is 0.311 e. The van der Waals surface area contributed by atoms with Crippen molar-refractivity contribution in [2.24, 2.45) is 5.92 Å². The van der Waals surface area contributed by atoms with E-state index < -0.39 is 0 Å². The molecular weight excluding hydrogens is 182 g/mol. The average molecular weight is 207 g/mol. The minimum Gasteiger partial charge on any atom is -0.311 e. The molecule has 1 saturated carbocycles. The standard InChI is InChI=1S/C14H25N/c1-2-12-8-6-7-11-14(12)15-13-9-4-3-5-10-13/h3-4,12-15H,2,5-11H2,1H3. The van der Waals surface area contributed by atoms with Crippen LogP contribution >= 0.6 is 0 Å². The molecule has 0 spiro atoms. The summed E-state index contributed by atoms with van der Waals surface area (Å²) in [5, 5.41) is 3.91. The number of rotatable bonds is 3. The third kappa shape index (κ3) is 3.07. The molecule has 0 radical (unpaired) electrons. The van der Waals surface area contributed by atoms with Crippen LogP contribution in [0.3, 0.4) is 0 Å². The summed E-state index contributed by atoms with van der Waals surface area (Å²) in [4.78, 5) is 0.